The van der Waals surface area contributed by atoms with Gasteiger partial charge in [0, 0.05) is 18.5 Å². The number of allylic oxidation sites excluding steroid dienone is 1. The monoisotopic (exact) mass is 212 g/mol. The lowest BCUT2D eigenvalue weighted by Crippen LogP contribution is -1.99. The Balaban J connectivity index is 2.87. The molecule has 1 aromatic rings. The molecule has 1 heterocycles. The van der Waals surface area contributed by atoms with Crippen molar-refractivity contribution in [1.29, 1.82) is 0 Å². The number of aliphatic imine (C=N–C) groups is 1. The second-order valence-corrected chi connectivity index (χ2v) is 3.44. The first-order valence-corrected chi connectivity index (χ1v) is 4.68. The molecule has 0 saturated heterocycles. The van der Waals surface area contributed by atoms with Crippen molar-refractivity contribution in [3.8, 4) is 0 Å². The molecular formula is C9H13ClN4. The van der Waals surface area contributed by atoms with Gasteiger partial charge in [-0.3, -0.25) is 4.68 Å². The van der Waals surface area contributed by atoms with Crippen LogP contribution in [-0.2, 0) is 0 Å². The standard InChI is InChI=1S/C9H13ClN4/c1-7(2)14-6-8(10)9(13-14)12-5-3-4-11/h3-7H,11H2,1-2H3. The first-order chi connectivity index (χ1) is 6.65. The molecule has 2 N–H and O–H groups in total. The Bertz CT molecular complexity index is 352. The van der Waals surface area contributed by atoms with Crippen LogP contribution in [0.4, 0.5) is 5.82 Å². The van der Waals surface area contributed by atoms with Crippen molar-refractivity contribution in [2.24, 2.45) is 10.7 Å². The highest BCUT2D eigenvalue weighted by atomic mass is 35.5. The van der Waals surface area contributed by atoms with Crippen LogP contribution in [-0.4, -0.2) is 16.0 Å². The molecule has 14 heavy (non-hydrogen) atoms. The fraction of sp³-hybridized carbons (Fsp3) is 0.333. The molecule has 1 aromatic heterocycles. The van der Waals surface area contributed by atoms with Gasteiger partial charge in [0.05, 0.1) is 0 Å². The maximum Gasteiger partial charge on any atom is 0.192 e. The molecule has 0 fully saturated rings. The molecule has 0 aliphatic heterocycles. The summed E-state index contributed by atoms with van der Waals surface area (Å²) in [5, 5.41) is 4.74. The Kier molecular flexibility index (Phi) is 3.71. The third-order valence-electron chi connectivity index (χ3n) is 1.59. The fourth-order valence-corrected chi connectivity index (χ4v) is 1.06. The summed E-state index contributed by atoms with van der Waals surface area (Å²) in [7, 11) is 0. The predicted molar refractivity (Wildman–Crippen MR) is 59.1 cm³/mol. The second kappa shape index (κ2) is 4.81. The van der Waals surface area contributed by atoms with Crippen LogP contribution in [0.1, 0.15) is 19.9 Å². The Labute approximate surface area is 88.1 Å². The average Bonchev–Trinajstić information content (AvgIpc) is 2.49. The lowest BCUT2D eigenvalue weighted by molar-refractivity contribution is 0.533. The zero-order valence-electron chi connectivity index (χ0n) is 8.18. The number of nitrogens with two attached hydrogens (primary N) is 1. The lowest BCUT2D eigenvalue weighted by atomic mass is 10.4. The Morgan fingerprint density at radius 1 is 1.64 bits per heavy atom. The van der Waals surface area contributed by atoms with E-state index >= 15 is 0 Å². The molecule has 0 saturated carbocycles. The Morgan fingerprint density at radius 2 is 2.36 bits per heavy atom. The predicted octanol–water partition coefficient (Wildman–Crippen LogP) is 2.29. The number of nitrogens with zero attached hydrogens (tertiary/aromatic N) is 3. The molecule has 76 valence electrons. The largest absolute Gasteiger partial charge is 0.405 e. The number of hydrogen-bond acceptors (Lipinski definition) is 3. The van der Waals surface area contributed by atoms with E-state index in [1.54, 1.807) is 23.2 Å². The van der Waals surface area contributed by atoms with Crippen LogP contribution < -0.4 is 5.73 Å². The molecule has 0 amide bonds. The van der Waals surface area contributed by atoms with Crippen molar-refractivity contribution in [3.05, 3.63) is 23.5 Å². The highest BCUT2D eigenvalue weighted by molar-refractivity contribution is 6.32. The Hall–Kier alpha value is -1.29. The molecule has 5 heteroatoms. The number of aromatic nitrogens is 2. The van der Waals surface area contributed by atoms with E-state index in [0.717, 1.165) is 0 Å². The maximum absolute atomic E-state index is 5.92. The SMILES string of the molecule is CC(C)n1cc(Cl)c(N=CC=CN)n1. The molecule has 0 bridgehead atoms. The lowest BCUT2D eigenvalue weighted by Gasteiger charge is -2.02. The molecular weight excluding hydrogens is 200 g/mol. The summed E-state index contributed by atoms with van der Waals surface area (Å²) in [6.07, 6.45) is 6.32. The van der Waals surface area contributed by atoms with E-state index in [4.69, 9.17) is 17.3 Å². The highest BCUT2D eigenvalue weighted by Crippen LogP contribution is 2.23. The molecule has 0 radical (unpaired) electrons. The molecule has 0 spiro atoms. The molecule has 4 nitrogen and oxygen atoms in total. The first kappa shape index (κ1) is 10.8. The maximum atomic E-state index is 5.92. The van der Waals surface area contributed by atoms with Gasteiger partial charge in [-0.25, -0.2) is 4.99 Å². The van der Waals surface area contributed by atoms with E-state index in [0.29, 0.717) is 10.8 Å². The van der Waals surface area contributed by atoms with Crippen LogP contribution in [0.2, 0.25) is 5.02 Å². The minimum atomic E-state index is 0.279. The Morgan fingerprint density at radius 3 is 2.86 bits per heavy atom. The average molecular weight is 213 g/mol. The third-order valence-corrected chi connectivity index (χ3v) is 1.86. The second-order valence-electron chi connectivity index (χ2n) is 3.04. The van der Waals surface area contributed by atoms with Gasteiger partial charge in [0.15, 0.2) is 5.82 Å². The van der Waals surface area contributed by atoms with E-state index in [-0.39, 0.29) is 6.04 Å². The third kappa shape index (κ3) is 2.60. The van der Waals surface area contributed by atoms with Crippen molar-refractivity contribution in [1.82, 2.24) is 9.78 Å². The first-order valence-electron chi connectivity index (χ1n) is 4.30. The number of halogens is 1. The van der Waals surface area contributed by atoms with Gasteiger partial charge in [-0.05, 0) is 26.1 Å². The van der Waals surface area contributed by atoms with Crippen molar-refractivity contribution >= 4 is 23.6 Å². The summed E-state index contributed by atoms with van der Waals surface area (Å²) in [5.41, 5.74) is 5.15. The molecule has 1 rings (SSSR count). The van der Waals surface area contributed by atoms with Crippen molar-refractivity contribution in [3.63, 3.8) is 0 Å². The van der Waals surface area contributed by atoms with Gasteiger partial charge in [0.25, 0.3) is 0 Å². The van der Waals surface area contributed by atoms with Gasteiger partial charge >= 0.3 is 0 Å². The van der Waals surface area contributed by atoms with Gasteiger partial charge in [0.2, 0.25) is 0 Å². The van der Waals surface area contributed by atoms with Gasteiger partial charge < -0.3 is 5.73 Å². The number of rotatable bonds is 3. The van der Waals surface area contributed by atoms with E-state index in [9.17, 15) is 0 Å². The summed E-state index contributed by atoms with van der Waals surface area (Å²) in [5.74, 6) is 0.512. The van der Waals surface area contributed by atoms with E-state index in [2.05, 4.69) is 10.1 Å². The van der Waals surface area contributed by atoms with Gasteiger partial charge in [-0.1, -0.05) is 11.6 Å². The minimum absolute atomic E-state index is 0.279. The van der Waals surface area contributed by atoms with Crippen molar-refractivity contribution in [2.75, 3.05) is 0 Å². The van der Waals surface area contributed by atoms with Crippen LogP contribution >= 0.6 is 11.6 Å². The van der Waals surface area contributed by atoms with Crippen LogP contribution in [0, 0.1) is 0 Å². The van der Waals surface area contributed by atoms with Crippen LogP contribution in [0.5, 0.6) is 0 Å². The van der Waals surface area contributed by atoms with E-state index < -0.39 is 0 Å². The van der Waals surface area contributed by atoms with E-state index in [1.807, 2.05) is 13.8 Å². The summed E-state index contributed by atoms with van der Waals surface area (Å²) in [6.45, 7) is 4.05. The van der Waals surface area contributed by atoms with Crippen molar-refractivity contribution in [2.45, 2.75) is 19.9 Å². The normalized spacial score (nSPS) is 12.3. The topological polar surface area (TPSA) is 56.2 Å². The molecule has 0 aliphatic carbocycles. The molecule has 0 aliphatic rings. The quantitative estimate of drug-likeness (QED) is 0.782. The highest BCUT2D eigenvalue weighted by Gasteiger charge is 2.06. The van der Waals surface area contributed by atoms with E-state index in [1.165, 1.54) is 6.20 Å². The summed E-state index contributed by atoms with van der Waals surface area (Å²) in [6, 6.07) is 0.279. The van der Waals surface area contributed by atoms with Crippen molar-refractivity contribution < 1.29 is 0 Å². The molecule has 0 aromatic carbocycles. The zero-order chi connectivity index (χ0) is 10.6. The van der Waals surface area contributed by atoms with Gasteiger partial charge in [0.1, 0.15) is 5.02 Å². The van der Waals surface area contributed by atoms with Crippen LogP contribution in [0.3, 0.4) is 0 Å². The minimum Gasteiger partial charge on any atom is -0.405 e. The van der Waals surface area contributed by atoms with Crippen LogP contribution in [0.25, 0.3) is 0 Å². The number of hydrogen-bond donors (Lipinski definition) is 1. The smallest absolute Gasteiger partial charge is 0.192 e. The summed E-state index contributed by atoms with van der Waals surface area (Å²) in [4.78, 5) is 4.04. The zero-order valence-corrected chi connectivity index (χ0v) is 8.94. The summed E-state index contributed by atoms with van der Waals surface area (Å²) < 4.78 is 1.77. The summed E-state index contributed by atoms with van der Waals surface area (Å²) >= 11 is 5.92. The molecule has 0 unspecified atom stereocenters. The van der Waals surface area contributed by atoms with Gasteiger partial charge in [-0.2, -0.15) is 5.10 Å². The van der Waals surface area contributed by atoms with Gasteiger partial charge in [-0.15, -0.1) is 0 Å². The molecule has 0 atom stereocenters. The van der Waals surface area contributed by atoms with Crippen LogP contribution in [0.15, 0.2) is 23.5 Å². The fourth-order valence-electron chi connectivity index (χ4n) is 0.875.